The zero-order chi connectivity index (χ0) is 16.4. The average molecular weight is 314 g/mol. The first-order valence-corrected chi connectivity index (χ1v) is 7.53. The number of carbonyl (C=O) groups excluding carboxylic acids is 2. The number of fused-ring (bicyclic) bond motifs is 1. The van der Waals surface area contributed by atoms with Crippen molar-refractivity contribution in [2.45, 2.75) is 25.4 Å². The van der Waals surface area contributed by atoms with Gasteiger partial charge in [-0.05, 0) is 35.4 Å². The first kappa shape index (κ1) is 15.3. The van der Waals surface area contributed by atoms with Crippen molar-refractivity contribution >= 4 is 22.7 Å². The molecule has 1 saturated heterocycles. The number of carbonyl (C=O) groups is 2. The Bertz CT molecular complexity index is 752. The highest BCUT2D eigenvalue weighted by molar-refractivity contribution is 5.87. The lowest BCUT2D eigenvalue weighted by atomic mass is 9.97. The first-order valence-electron chi connectivity index (χ1n) is 7.53. The normalized spacial score (nSPS) is 18.5. The number of ether oxygens (including phenoxy) is 3. The Morgan fingerprint density at radius 3 is 2.65 bits per heavy atom. The van der Waals surface area contributed by atoms with E-state index in [0.29, 0.717) is 13.0 Å². The molecule has 120 valence electrons. The molecule has 5 heteroatoms. The summed E-state index contributed by atoms with van der Waals surface area (Å²) in [6, 6.07) is 11.6. The molecule has 1 heterocycles. The lowest BCUT2D eigenvalue weighted by Crippen LogP contribution is -2.25. The minimum Gasteiger partial charge on any atom is -0.497 e. The van der Waals surface area contributed by atoms with Gasteiger partial charge in [-0.25, -0.2) is 4.79 Å². The molecular weight excluding hydrogens is 296 g/mol. The van der Waals surface area contributed by atoms with Crippen LogP contribution in [-0.2, 0) is 19.1 Å². The molecule has 5 nitrogen and oxygen atoms in total. The molecule has 0 bridgehead atoms. The van der Waals surface area contributed by atoms with E-state index in [1.54, 1.807) is 14.0 Å². The summed E-state index contributed by atoms with van der Waals surface area (Å²) in [5.41, 5.74) is 0.846. The first-order chi connectivity index (χ1) is 11.1. The van der Waals surface area contributed by atoms with E-state index < -0.39 is 24.0 Å². The van der Waals surface area contributed by atoms with E-state index in [0.717, 1.165) is 22.1 Å². The molecule has 3 rings (SSSR count). The van der Waals surface area contributed by atoms with Gasteiger partial charge in [-0.2, -0.15) is 0 Å². The second kappa shape index (κ2) is 6.28. The van der Waals surface area contributed by atoms with Crippen LogP contribution in [0.25, 0.3) is 10.8 Å². The average Bonchev–Trinajstić information content (AvgIpc) is 2.98. The Labute approximate surface area is 134 Å². The standard InChI is InChI=1S/C18H18O5/c1-11(17(19)23-16-7-8-22-18(16)20)12-3-4-14-10-15(21-2)6-5-13(14)9-12/h3-6,9-11,16H,7-8H2,1-2H3/t11-,16+/m0/s1. The highest BCUT2D eigenvalue weighted by Crippen LogP contribution is 2.26. The van der Waals surface area contributed by atoms with Crippen LogP contribution >= 0.6 is 0 Å². The van der Waals surface area contributed by atoms with Gasteiger partial charge in [-0.15, -0.1) is 0 Å². The van der Waals surface area contributed by atoms with E-state index >= 15 is 0 Å². The van der Waals surface area contributed by atoms with Gasteiger partial charge in [0, 0.05) is 6.42 Å². The van der Waals surface area contributed by atoms with E-state index in [-0.39, 0.29) is 0 Å². The molecule has 1 fully saturated rings. The van der Waals surface area contributed by atoms with Crippen molar-refractivity contribution in [2.75, 3.05) is 13.7 Å². The zero-order valence-corrected chi connectivity index (χ0v) is 13.1. The Morgan fingerprint density at radius 2 is 1.96 bits per heavy atom. The second-order valence-electron chi connectivity index (χ2n) is 5.58. The van der Waals surface area contributed by atoms with E-state index in [2.05, 4.69) is 0 Å². The Morgan fingerprint density at radius 1 is 1.22 bits per heavy atom. The summed E-state index contributed by atoms with van der Waals surface area (Å²) in [7, 11) is 1.63. The molecule has 0 saturated carbocycles. The topological polar surface area (TPSA) is 61.8 Å². The van der Waals surface area contributed by atoms with Crippen LogP contribution in [0.3, 0.4) is 0 Å². The van der Waals surface area contributed by atoms with Gasteiger partial charge in [0.1, 0.15) is 5.75 Å². The fraction of sp³-hybridized carbons (Fsp3) is 0.333. The number of methoxy groups -OCH3 is 1. The fourth-order valence-corrected chi connectivity index (χ4v) is 2.60. The van der Waals surface area contributed by atoms with Crippen molar-refractivity contribution in [3.63, 3.8) is 0 Å². The molecule has 0 aliphatic carbocycles. The minimum atomic E-state index is -0.769. The summed E-state index contributed by atoms with van der Waals surface area (Å²) >= 11 is 0. The van der Waals surface area contributed by atoms with Gasteiger partial charge in [-0.1, -0.05) is 24.3 Å². The Balaban J connectivity index is 1.78. The van der Waals surface area contributed by atoms with Crippen LogP contribution in [0, 0.1) is 0 Å². The van der Waals surface area contributed by atoms with Crippen LogP contribution < -0.4 is 4.74 Å². The third kappa shape index (κ3) is 3.13. The lowest BCUT2D eigenvalue weighted by molar-refractivity contribution is -0.161. The summed E-state index contributed by atoms with van der Waals surface area (Å²) in [4.78, 5) is 23.6. The molecule has 1 aliphatic heterocycles. The maximum Gasteiger partial charge on any atom is 0.347 e. The molecule has 0 aromatic heterocycles. The van der Waals surface area contributed by atoms with Crippen molar-refractivity contribution in [1.29, 1.82) is 0 Å². The highest BCUT2D eigenvalue weighted by atomic mass is 16.6. The number of benzene rings is 2. The van der Waals surface area contributed by atoms with Crippen LogP contribution in [0.4, 0.5) is 0 Å². The lowest BCUT2D eigenvalue weighted by Gasteiger charge is -2.15. The van der Waals surface area contributed by atoms with Gasteiger partial charge >= 0.3 is 11.9 Å². The van der Waals surface area contributed by atoms with E-state index in [1.807, 2.05) is 36.4 Å². The van der Waals surface area contributed by atoms with Crippen molar-refractivity contribution in [3.05, 3.63) is 42.0 Å². The van der Waals surface area contributed by atoms with Crippen molar-refractivity contribution in [1.82, 2.24) is 0 Å². The molecule has 2 aromatic carbocycles. The van der Waals surface area contributed by atoms with Gasteiger partial charge in [0.25, 0.3) is 0 Å². The van der Waals surface area contributed by atoms with Gasteiger partial charge in [0.05, 0.1) is 19.6 Å². The van der Waals surface area contributed by atoms with Gasteiger partial charge in [0.2, 0.25) is 6.10 Å². The summed E-state index contributed by atoms with van der Waals surface area (Å²) < 4.78 is 15.3. The highest BCUT2D eigenvalue weighted by Gasteiger charge is 2.32. The maximum absolute atomic E-state index is 12.2. The maximum atomic E-state index is 12.2. The van der Waals surface area contributed by atoms with Crippen LogP contribution in [0.15, 0.2) is 36.4 Å². The largest absolute Gasteiger partial charge is 0.497 e. The molecule has 2 aromatic rings. The Kier molecular flexibility index (Phi) is 4.19. The third-order valence-electron chi connectivity index (χ3n) is 4.07. The summed E-state index contributed by atoms with van der Waals surface area (Å²) in [6.45, 7) is 2.08. The van der Waals surface area contributed by atoms with E-state index in [4.69, 9.17) is 14.2 Å². The summed E-state index contributed by atoms with van der Waals surface area (Å²) in [5, 5.41) is 2.05. The zero-order valence-electron chi connectivity index (χ0n) is 13.1. The number of hydrogen-bond donors (Lipinski definition) is 0. The Hall–Kier alpha value is -2.56. The molecule has 0 unspecified atom stereocenters. The third-order valence-corrected chi connectivity index (χ3v) is 4.07. The minimum absolute atomic E-state index is 0.309. The monoisotopic (exact) mass is 314 g/mol. The smallest absolute Gasteiger partial charge is 0.347 e. The molecular formula is C18H18O5. The predicted octanol–water partition coefficient (Wildman–Crippen LogP) is 2.81. The molecule has 2 atom stereocenters. The van der Waals surface area contributed by atoms with E-state index in [9.17, 15) is 9.59 Å². The van der Waals surface area contributed by atoms with Crippen LogP contribution in [0.1, 0.15) is 24.8 Å². The number of cyclic esters (lactones) is 1. The van der Waals surface area contributed by atoms with Crippen LogP contribution in [0.5, 0.6) is 5.75 Å². The second-order valence-corrected chi connectivity index (χ2v) is 5.58. The SMILES string of the molecule is COc1ccc2cc([C@H](C)C(=O)O[C@@H]3CCOC3=O)ccc2c1. The number of hydrogen-bond acceptors (Lipinski definition) is 5. The summed E-state index contributed by atoms with van der Waals surface area (Å²) in [6.07, 6.45) is -0.343. The van der Waals surface area contributed by atoms with E-state index in [1.165, 1.54) is 0 Å². The quantitative estimate of drug-likeness (QED) is 0.812. The molecule has 0 amide bonds. The van der Waals surface area contributed by atoms with Gasteiger partial charge in [0.15, 0.2) is 0 Å². The molecule has 1 aliphatic rings. The number of rotatable bonds is 4. The molecule has 23 heavy (non-hydrogen) atoms. The van der Waals surface area contributed by atoms with Gasteiger partial charge in [-0.3, -0.25) is 4.79 Å². The van der Waals surface area contributed by atoms with Gasteiger partial charge < -0.3 is 14.2 Å². The van der Waals surface area contributed by atoms with Crippen LogP contribution in [-0.4, -0.2) is 31.8 Å². The predicted molar refractivity (Wildman–Crippen MR) is 84.4 cm³/mol. The number of esters is 2. The molecule has 0 spiro atoms. The fourth-order valence-electron chi connectivity index (χ4n) is 2.60. The van der Waals surface area contributed by atoms with Crippen molar-refractivity contribution in [2.24, 2.45) is 0 Å². The molecule has 0 radical (unpaired) electrons. The molecule has 0 N–H and O–H groups in total. The van der Waals surface area contributed by atoms with Crippen molar-refractivity contribution in [3.8, 4) is 5.75 Å². The summed E-state index contributed by atoms with van der Waals surface area (Å²) in [5.74, 6) is -0.537. The van der Waals surface area contributed by atoms with Crippen LogP contribution in [0.2, 0.25) is 0 Å². The van der Waals surface area contributed by atoms with Crippen molar-refractivity contribution < 1.29 is 23.8 Å².